The molecule has 0 aromatic heterocycles. The Morgan fingerprint density at radius 2 is 1.62 bits per heavy atom. The second kappa shape index (κ2) is 7.47. The smallest absolute Gasteiger partial charge is 0.315 e. The molecule has 0 saturated carbocycles. The van der Waals surface area contributed by atoms with Gasteiger partial charge in [0.15, 0.2) is 0 Å². The van der Waals surface area contributed by atoms with Crippen molar-refractivity contribution in [3.8, 4) is 11.1 Å². The maximum atomic E-state index is 12.2. The van der Waals surface area contributed by atoms with E-state index in [0.29, 0.717) is 0 Å². The third-order valence-corrected chi connectivity index (χ3v) is 6.36. The molecule has 3 rings (SSSR count). The lowest BCUT2D eigenvalue weighted by Gasteiger charge is -2.34. The van der Waals surface area contributed by atoms with Gasteiger partial charge in [-0.3, -0.25) is 0 Å². The molecule has 6 nitrogen and oxygen atoms in total. The molecule has 2 aromatic rings. The fourth-order valence-corrected chi connectivity index (χ4v) is 3.81. The predicted molar refractivity (Wildman–Crippen MR) is 102 cm³/mol. The minimum atomic E-state index is -3.45. The van der Waals surface area contributed by atoms with Gasteiger partial charge in [-0.05, 0) is 30.5 Å². The zero-order valence-electron chi connectivity index (χ0n) is 14.8. The van der Waals surface area contributed by atoms with Crippen LogP contribution < -0.4 is 15.4 Å². The summed E-state index contributed by atoms with van der Waals surface area (Å²) < 4.78 is 27.2. The van der Waals surface area contributed by atoms with E-state index in [1.807, 2.05) is 54.6 Å². The number of nitrogens with one attached hydrogen (secondary N) is 3. The van der Waals surface area contributed by atoms with Crippen molar-refractivity contribution in [3.05, 3.63) is 60.2 Å². The largest absolute Gasteiger partial charge is 0.336 e. The van der Waals surface area contributed by atoms with E-state index in [2.05, 4.69) is 15.4 Å². The molecule has 2 amide bonds. The topological polar surface area (TPSA) is 87.3 Å². The molecule has 138 valence electrons. The fourth-order valence-electron chi connectivity index (χ4n) is 2.90. The third kappa shape index (κ3) is 4.05. The number of carbonyl (C=O) groups is 1. The average Bonchev–Trinajstić information content (AvgIpc) is 2.64. The maximum absolute atomic E-state index is 12.2. The van der Waals surface area contributed by atoms with Crippen LogP contribution in [0.3, 0.4) is 0 Å². The molecule has 7 heteroatoms. The first-order chi connectivity index (χ1) is 12.4. The van der Waals surface area contributed by atoms with Gasteiger partial charge < -0.3 is 10.6 Å². The highest BCUT2D eigenvalue weighted by molar-refractivity contribution is 7.90. The van der Waals surface area contributed by atoms with Gasteiger partial charge in [-0.25, -0.2) is 17.9 Å². The van der Waals surface area contributed by atoms with Crippen LogP contribution in [-0.4, -0.2) is 32.3 Å². The second-order valence-electron chi connectivity index (χ2n) is 6.64. The number of hydrogen-bond acceptors (Lipinski definition) is 3. The van der Waals surface area contributed by atoms with Crippen molar-refractivity contribution < 1.29 is 13.2 Å². The fraction of sp³-hybridized carbons (Fsp3) is 0.316. The first-order valence-corrected chi connectivity index (χ1v) is 10.1. The van der Waals surface area contributed by atoms with Crippen LogP contribution in [0.1, 0.15) is 25.5 Å². The predicted octanol–water partition coefficient (Wildman–Crippen LogP) is 2.40. The van der Waals surface area contributed by atoms with E-state index in [0.717, 1.165) is 16.7 Å². The molecule has 0 radical (unpaired) electrons. The van der Waals surface area contributed by atoms with Crippen LogP contribution >= 0.6 is 0 Å². The van der Waals surface area contributed by atoms with Crippen LogP contribution in [-0.2, 0) is 10.0 Å². The van der Waals surface area contributed by atoms with E-state index in [-0.39, 0.29) is 12.6 Å². The molecule has 1 aliphatic heterocycles. The summed E-state index contributed by atoms with van der Waals surface area (Å²) in [5.41, 5.74) is 3.02. The molecule has 26 heavy (non-hydrogen) atoms. The van der Waals surface area contributed by atoms with Crippen molar-refractivity contribution >= 4 is 16.1 Å². The molecule has 2 atom stereocenters. The zero-order chi connectivity index (χ0) is 18.7. The van der Waals surface area contributed by atoms with Gasteiger partial charge in [0, 0.05) is 6.54 Å². The monoisotopic (exact) mass is 373 g/mol. The van der Waals surface area contributed by atoms with Gasteiger partial charge in [0.05, 0.1) is 17.3 Å². The van der Waals surface area contributed by atoms with Crippen molar-refractivity contribution in [1.29, 1.82) is 0 Å². The van der Waals surface area contributed by atoms with Crippen LogP contribution in [0.25, 0.3) is 11.1 Å². The normalized spacial score (nSPS) is 20.5. The summed E-state index contributed by atoms with van der Waals surface area (Å²) in [6.45, 7) is 3.49. The van der Waals surface area contributed by atoms with Crippen LogP contribution in [0.4, 0.5) is 4.79 Å². The molecular formula is C19H23N3O3S. The number of amides is 2. The Morgan fingerprint density at radius 1 is 1.00 bits per heavy atom. The van der Waals surface area contributed by atoms with Crippen molar-refractivity contribution in [2.75, 3.05) is 6.54 Å². The van der Waals surface area contributed by atoms with Gasteiger partial charge in [0.2, 0.25) is 10.0 Å². The Kier molecular flexibility index (Phi) is 5.29. The van der Waals surface area contributed by atoms with Crippen molar-refractivity contribution in [1.82, 2.24) is 15.4 Å². The second-order valence-corrected chi connectivity index (χ2v) is 8.91. The molecule has 1 aliphatic rings. The van der Waals surface area contributed by atoms with Crippen LogP contribution in [0.15, 0.2) is 54.6 Å². The average molecular weight is 373 g/mol. The standard InChI is InChI=1S/C19H23N3O3S/c1-13(2)26(24,25)22-17-12-20-19(23)21-18(17)16-10-8-15(9-11-16)14-6-4-3-5-7-14/h3-11,13,17-18,22H,12H2,1-2H3,(H2,20,21,23). The number of rotatable bonds is 5. The van der Waals surface area contributed by atoms with E-state index in [9.17, 15) is 13.2 Å². The van der Waals surface area contributed by atoms with E-state index >= 15 is 0 Å². The number of benzene rings is 2. The summed E-state index contributed by atoms with van der Waals surface area (Å²) in [7, 11) is -3.45. The summed E-state index contributed by atoms with van der Waals surface area (Å²) in [5.74, 6) is 0. The minimum absolute atomic E-state index is 0.239. The third-order valence-electron chi connectivity index (χ3n) is 4.48. The van der Waals surface area contributed by atoms with Gasteiger partial charge in [-0.15, -0.1) is 0 Å². The lowest BCUT2D eigenvalue weighted by Crippen LogP contribution is -2.59. The highest BCUT2D eigenvalue weighted by atomic mass is 32.2. The summed E-state index contributed by atoms with van der Waals surface area (Å²) in [6, 6.07) is 16.6. The zero-order valence-corrected chi connectivity index (χ0v) is 15.6. The van der Waals surface area contributed by atoms with Gasteiger partial charge in [-0.2, -0.15) is 0 Å². The first-order valence-electron chi connectivity index (χ1n) is 8.58. The number of sulfonamides is 1. The maximum Gasteiger partial charge on any atom is 0.315 e. The number of carbonyl (C=O) groups excluding carboxylic acids is 1. The van der Waals surface area contributed by atoms with Crippen LogP contribution in [0.2, 0.25) is 0 Å². The molecule has 1 heterocycles. The van der Waals surface area contributed by atoms with Crippen molar-refractivity contribution in [2.24, 2.45) is 0 Å². The summed E-state index contributed by atoms with van der Waals surface area (Å²) in [5, 5.41) is 4.94. The Hall–Kier alpha value is -2.38. The molecule has 0 bridgehead atoms. The molecule has 3 N–H and O–H groups in total. The Balaban J connectivity index is 1.85. The van der Waals surface area contributed by atoms with E-state index in [1.54, 1.807) is 13.8 Å². The van der Waals surface area contributed by atoms with Gasteiger partial charge >= 0.3 is 6.03 Å². The molecular weight excluding hydrogens is 350 g/mol. The van der Waals surface area contributed by atoms with Gasteiger partial charge in [0.1, 0.15) is 0 Å². The van der Waals surface area contributed by atoms with E-state index in [1.165, 1.54) is 0 Å². The van der Waals surface area contributed by atoms with Crippen molar-refractivity contribution in [3.63, 3.8) is 0 Å². The molecule has 0 aliphatic carbocycles. The lowest BCUT2D eigenvalue weighted by molar-refractivity contribution is 0.222. The lowest BCUT2D eigenvalue weighted by atomic mass is 9.96. The summed E-state index contributed by atoms with van der Waals surface area (Å²) >= 11 is 0. The number of urea groups is 1. The first kappa shape index (κ1) is 18.4. The van der Waals surface area contributed by atoms with Crippen LogP contribution in [0, 0.1) is 0 Å². The molecule has 0 spiro atoms. The Bertz CT molecular complexity index is 865. The van der Waals surface area contributed by atoms with E-state index < -0.39 is 27.4 Å². The Morgan fingerprint density at radius 3 is 2.23 bits per heavy atom. The summed E-state index contributed by atoms with van der Waals surface area (Å²) in [4.78, 5) is 11.8. The minimum Gasteiger partial charge on any atom is -0.336 e. The molecule has 2 unspecified atom stereocenters. The molecule has 1 saturated heterocycles. The highest BCUT2D eigenvalue weighted by Crippen LogP contribution is 2.25. The molecule has 2 aromatic carbocycles. The Labute approximate surface area is 154 Å². The summed E-state index contributed by atoms with van der Waals surface area (Å²) in [6.07, 6.45) is 0. The molecule has 1 fully saturated rings. The van der Waals surface area contributed by atoms with Gasteiger partial charge in [0.25, 0.3) is 0 Å². The van der Waals surface area contributed by atoms with E-state index in [4.69, 9.17) is 0 Å². The van der Waals surface area contributed by atoms with Crippen molar-refractivity contribution in [2.45, 2.75) is 31.2 Å². The SMILES string of the molecule is CC(C)S(=O)(=O)NC1CNC(=O)NC1c1ccc(-c2ccccc2)cc1. The quantitative estimate of drug-likeness (QED) is 0.752. The van der Waals surface area contributed by atoms with Gasteiger partial charge in [-0.1, -0.05) is 54.6 Å². The number of hydrogen-bond donors (Lipinski definition) is 3. The van der Waals surface area contributed by atoms with Crippen LogP contribution in [0.5, 0.6) is 0 Å². The highest BCUT2D eigenvalue weighted by Gasteiger charge is 2.33.